The van der Waals surface area contributed by atoms with E-state index in [-0.39, 0.29) is 23.6 Å². The number of methoxy groups -OCH3 is 1. The van der Waals surface area contributed by atoms with Crippen LogP contribution in [-0.2, 0) is 26.6 Å². The number of carbonyl (C=O) groups is 1. The summed E-state index contributed by atoms with van der Waals surface area (Å²) < 4.78 is 44.9. The minimum Gasteiger partial charge on any atom is -0.488 e. The zero-order chi connectivity index (χ0) is 26.9. The van der Waals surface area contributed by atoms with E-state index in [1.807, 2.05) is 4.90 Å². The third-order valence-corrected chi connectivity index (χ3v) is 7.49. The Morgan fingerprint density at radius 2 is 2.00 bits per heavy atom. The molecular weight excluding hydrogens is 512 g/mol. The molecule has 5 rings (SSSR count). The van der Waals surface area contributed by atoms with Crippen molar-refractivity contribution < 1.29 is 27.4 Å². The van der Waals surface area contributed by atoms with Crippen LogP contribution in [0.3, 0.4) is 0 Å². The average molecular weight is 545 g/mol. The predicted molar refractivity (Wildman–Crippen MR) is 141 cm³/mol. The van der Waals surface area contributed by atoms with Gasteiger partial charge in [-0.1, -0.05) is 0 Å². The lowest BCUT2D eigenvalue weighted by Gasteiger charge is -2.24. The van der Waals surface area contributed by atoms with Gasteiger partial charge in [-0.05, 0) is 24.8 Å². The number of carbonyl (C=O) groups excluding carboxylic acids is 1. The Labute approximate surface area is 221 Å². The van der Waals surface area contributed by atoms with Gasteiger partial charge in [0, 0.05) is 57.5 Å². The van der Waals surface area contributed by atoms with E-state index in [2.05, 4.69) is 14.8 Å². The molecule has 3 aromatic heterocycles. The summed E-state index contributed by atoms with van der Waals surface area (Å²) in [7, 11) is -0.348. The molecule has 2 saturated heterocycles. The quantitative estimate of drug-likeness (QED) is 0.452. The molecule has 0 aliphatic carbocycles. The van der Waals surface area contributed by atoms with Crippen molar-refractivity contribution in [3.63, 3.8) is 0 Å². The van der Waals surface area contributed by atoms with Crippen molar-refractivity contribution in [1.82, 2.24) is 24.6 Å². The molecule has 5 heterocycles. The second kappa shape index (κ2) is 10.7. The van der Waals surface area contributed by atoms with Gasteiger partial charge in [0.1, 0.15) is 17.5 Å². The molecule has 1 N–H and O–H groups in total. The minimum atomic E-state index is -3.55. The third-order valence-electron chi connectivity index (χ3n) is 6.90. The molecule has 0 bridgehead atoms. The van der Waals surface area contributed by atoms with Crippen LogP contribution in [0.2, 0.25) is 0 Å². The summed E-state index contributed by atoms with van der Waals surface area (Å²) in [6.45, 7) is 2.63. The summed E-state index contributed by atoms with van der Waals surface area (Å²) in [5.74, 6) is 1.29. The first kappa shape index (κ1) is 26.2. The van der Waals surface area contributed by atoms with Gasteiger partial charge in [0.2, 0.25) is 21.8 Å². The Morgan fingerprint density at radius 1 is 1.21 bits per heavy atom. The van der Waals surface area contributed by atoms with Gasteiger partial charge in [-0.2, -0.15) is 5.10 Å². The molecule has 1 atom stereocenters. The van der Waals surface area contributed by atoms with Crippen LogP contribution in [-0.4, -0.2) is 84.7 Å². The van der Waals surface area contributed by atoms with Gasteiger partial charge in [-0.3, -0.25) is 14.2 Å². The van der Waals surface area contributed by atoms with Crippen molar-refractivity contribution in [3.05, 3.63) is 24.5 Å². The molecular formula is C25H32N6O6S. The minimum absolute atomic E-state index is 0.147. The molecule has 204 valence electrons. The number of ether oxygens (including phenoxy) is 3. The summed E-state index contributed by atoms with van der Waals surface area (Å²) in [4.78, 5) is 23.8. The third kappa shape index (κ3) is 5.83. The van der Waals surface area contributed by atoms with Gasteiger partial charge in [-0.25, -0.2) is 18.4 Å². The van der Waals surface area contributed by atoms with Crippen LogP contribution in [0.5, 0.6) is 11.6 Å². The second-order valence-electron chi connectivity index (χ2n) is 9.79. The van der Waals surface area contributed by atoms with E-state index in [1.165, 1.54) is 7.11 Å². The number of aryl methyl sites for hydroxylation is 1. The lowest BCUT2D eigenvalue weighted by atomic mass is 9.96. The topological polar surface area (TPSA) is 138 Å². The Morgan fingerprint density at radius 3 is 2.74 bits per heavy atom. The molecule has 0 saturated carbocycles. The summed E-state index contributed by atoms with van der Waals surface area (Å²) in [5.41, 5.74) is 1.92. The molecule has 0 unspecified atom stereocenters. The summed E-state index contributed by atoms with van der Waals surface area (Å²) in [5, 5.41) is 5.09. The van der Waals surface area contributed by atoms with E-state index in [4.69, 9.17) is 19.2 Å². The number of hydrogen-bond acceptors (Lipinski definition) is 9. The maximum absolute atomic E-state index is 12.9. The highest BCUT2D eigenvalue weighted by Gasteiger charge is 2.30. The number of rotatable bonds is 8. The molecule has 2 aliphatic rings. The first-order valence-corrected chi connectivity index (χ1v) is 14.5. The number of nitrogens with zero attached hydrogens (tertiary/aromatic N) is 5. The highest BCUT2D eigenvalue weighted by Crippen LogP contribution is 2.34. The normalized spacial score (nSPS) is 18.6. The molecule has 13 heteroatoms. The van der Waals surface area contributed by atoms with Crippen LogP contribution in [0, 0.1) is 5.92 Å². The molecule has 38 heavy (non-hydrogen) atoms. The van der Waals surface area contributed by atoms with Gasteiger partial charge in [0.05, 0.1) is 37.2 Å². The number of anilines is 1. The molecule has 0 spiro atoms. The van der Waals surface area contributed by atoms with Crippen LogP contribution in [0.1, 0.15) is 25.7 Å². The van der Waals surface area contributed by atoms with E-state index in [0.29, 0.717) is 48.1 Å². The summed E-state index contributed by atoms with van der Waals surface area (Å²) in [6, 6.07) is 3.41. The van der Waals surface area contributed by atoms with Gasteiger partial charge < -0.3 is 19.1 Å². The highest BCUT2D eigenvalue weighted by atomic mass is 32.2. The van der Waals surface area contributed by atoms with Crippen molar-refractivity contribution in [1.29, 1.82) is 0 Å². The van der Waals surface area contributed by atoms with Gasteiger partial charge in [0.25, 0.3) is 0 Å². The zero-order valence-corrected chi connectivity index (χ0v) is 22.5. The molecule has 12 nitrogen and oxygen atoms in total. The molecule has 0 aromatic carbocycles. The number of likely N-dealkylation sites (tertiary alicyclic amines) is 1. The Balaban J connectivity index is 1.38. The van der Waals surface area contributed by atoms with Gasteiger partial charge in [0.15, 0.2) is 5.65 Å². The van der Waals surface area contributed by atoms with Crippen LogP contribution in [0.15, 0.2) is 24.5 Å². The molecule has 1 amide bonds. The fourth-order valence-electron chi connectivity index (χ4n) is 4.92. The highest BCUT2D eigenvalue weighted by molar-refractivity contribution is 7.92. The Kier molecular flexibility index (Phi) is 7.39. The summed E-state index contributed by atoms with van der Waals surface area (Å²) in [6.07, 6.45) is 7.30. The van der Waals surface area contributed by atoms with Crippen molar-refractivity contribution in [3.8, 4) is 22.9 Å². The van der Waals surface area contributed by atoms with Crippen LogP contribution in [0.25, 0.3) is 22.3 Å². The molecule has 2 aliphatic heterocycles. The molecule has 0 radical (unpaired) electrons. The van der Waals surface area contributed by atoms with Gasteiger partial charge in [-0.15, -0.1) is 0 Å². The predicted octanol–water partition coefficient (Wildman–Crippen LogP) is 2.21. The number of amides is 1. The van der Waals surface area contributed by atoms with Crippen molar-refractivity contribution in [2.24, 2.45) is 13.0 Å². The zero-order valence-electron chi connectivity index (χ0n) is 21.7. The van der Waals surface area contributed by atoms with E-state index in [9.17, 15) is 13.2 Å². The Hall–Kier alpha value is -3.45. The number of fused-ring (bicyclic) bond motifs is 1. The number of aromatic nitrogens is 4. The monoisotopic (exact) mass is 544 g/mol. The van der Waals surface area contributed by atoms with E-state index < -0.39 is 10.0 Å². The van der Waals surface area contributed by atoms with Crippen LogP contribution >= 0.6 is 0 Å². The fraction of sp³-hybridized carbons (Fsp3) is 0.520. The van der Waals surface area contributed by atoms with Crippen LogP contribution in [0.4, 0.5) is 5.69 Å². The fourth-order valence-corrected chi connectivity index (χ4v) is 5.46. The maximum Gasteiger partial charge on any atom is 0.238 e. The summed E-state index contributed by atoms with van der Waals surface area (Å²) >= 11 is 0. The number of hydrogen-bond donors (Lipinski definition) is 1. The first-order valence-electron chi connectivity index (χ1n) is 12.6. The SMILES string of the molecule is COc1ncc(-c2cc(O[C@@H]3CCN(C(=O)CC4CCOCC4)C3)c3cnn(C)c3n2)cc1NS(C)(=O)=O. The lowest BCUT2D eigenvalue weighted by Crippen LogP contribution is -2.33. The van der Waals surface area contributed by atoms with Gasteiger partial charge >= 0.3 is 0 Å². The van der Waals surface area contributed by atoms with E-state index >= 15 is 0 Å². The number of nitrogens with one attached hydrogen (secondary N) is 1. The average Bonchev–Trinajstić information content (AvgIpc) is 3.51. The maximum atomic E-state index is 12.9. The smallest absolute Gasteiger partial charge is 0.238 e. The van der Waals surface area contributed by atoms with Crippen molar-refractivity contribution in [2.75, 3.05) is 44.4 Å². The lowest BCUT2D eigenvalue weighted by molar-refractivity contribution is -0.132. The molecule has 2 fully saturated rings. The van der Waals surface area contributed by atoms with Crippen LogP contribution < -0.4 is 14.2 Å². The van der Waals surface area contributed by atoms with E-state index in [1.54, 1.807) is 36.3 Å². The largest absolute Gasteiger partial charge is 0.488 e. The molecule has 3 aromatic rings. The first-order chi connectivity index (χ1) is 18.2. The standard InChI is InChI=1S/C25H32N6O6S/c1-30-24-19(14-27-30)22(37-18-4-7-31(15-18)23(32)10-16-5-8-36-9-6-16)12-20(28-24)17-11-21(29-38(3,33)34)25(35-2)26-13-17/h11-14,16,18,29H,4-10,15H2,1-3H3/t18-/m1/s1. The number of pyridine rings is 2. The number of sulfonamides is 1. The van der Waals surface area contributed by atoms with Crippen molar-refractivity contribution >= 4 is 32.7 Å². The Bertz CT molecular complexity index is 1440. The second-order valence-corrected chi connectivity index (χ2v) is 11.5. The van der Waals surface area contributed by atoms with Crippen molar-refractivity contribution in [2.45, 2.75) is 31.8 Å². The van der Waals surface area contributed by atoms with E-state index in [0.717, 1.165) is 44.1 Å².